The predicted octanol–water partition coefficient (Wildman–Crippen LogP) is 3.39. The fourth-order valence-corrected chi connectivity index (χ4v) is 4.36. The number of hydrogen-bond acceptors (Lipinski definition) is 7. The number of anilines is 1. The molecule has 0 radical (unpaired) electrons. The number of benzene rings is 2. The van der Waals surface area contributed by atoms with Gasteiger partial charge in [0.2, 0.25) is 11.1 Å². The second-order valence-electron chi connectivity index (χ2n) is 6.73. The molecule has 1 aliphatic heterocycles. The lowest BCUT2D eigenvalue weighted by atomic mass is 10.0. The van der Waals surface area contributed by atoms with E-state index in [4.69, 9.17) is 9.47 Å². The number of fused-ring (bicyclic) bond motifs is 1. The minimum Gasteiger partial charge on any atom is -0.497 e. The maximum absolute atomic E-state index is 13.2. The van der Waals surface area contributed by atoms with Crippen molar-refractivity contribution in [3.05, 3.63) is 59.9 Å². The van der Waals surface area contributed by atoms with E-state index in [0.717, 1.165) is 22.9 Å². The molecular formula is C21H23N5O3S. The van der Waals surface area contributed by atoms with Crippen LogP contribution in [-0.4, -0.2) is 39.7 Å². The van der Waals surface area contributed by atoms with Crippen LogP contribution < -0.4 is 20.2 Å². The van der Waals surface area contributed by atoms with Crippen molar-refractivity contribution in [2.75, 3.05) is 24.5 Å². The van der Waals surface area contributed by atoms with E-state index < -0.39 is 5.25 Å². The number of aryl methyl sites for hydroxylation is 1. The molecule has 0 aliphatic carbocycles. The van der Waals surface area contributed by atoms with E-state index in [1.807, 2.05) is 67.1 Å². The highest BCUT2D eigenvalue weighted by Crippen LogP contribution is 2.38. The van der Waals surface area contributed by atoms with Gasteiger partial charge in [-0.2, -0.15) is 0 Å². The molecule has 0 fully saturated rings. The van der Waals surface area contributed by atoms with Gasteiger partial charge in [0.25, 0.3) is 0 Å². The van der Waals surface area contributed by atoms with Crippen LogP contribution in [0.1, 0.15) is 24.4 Å². The van der Waals surface area contributed by atoms with Gasteiger partial charge in [0.1, 0.15) is 22.6 Å². The molecule has 1 amide bonds. The Morgan fingerprint density at radius 2 is 1.83 bits per heavy atom. The smallest absolute Gasteiger partial charge is 0.240 e. The number of ether oxygens (including phenoxy) is 2. The highest BCUT2D eigenvalue weighted by Gasteiger charge is 2.37. The number of carbonyl (C=O) groups is 1. The van der Waals surface area contributed by atoms with Gasteiger partial charge >= 0.3 is 0 Å². The third-order valence-electron chi connectivity index (χ3n) is 4.76. The van der Waals surface area contributed by atoms with Crippen molar-refractivity contribution >= 4 is 23.4 Å². The first kappa shape index (κ1) is 20.1. The number of aromatic nitrogens is 3. The van der Waals surface area contributed by atoms with Crippen molar-refractivity contribution < 1.29 is 14.3 Å². The van der Waals surface area contributed by atoms with Crippen LogP contribution in [0.25, 0.3) is 0 Å². The number of carbonyl (C=O) groups excluding carboxylic acids is 1. The molecule has 156 valence electrons. The van der Waals surface area contributed by atoms with E-state index in [0.29, 0.717) is 17.5 Å². The molecule has 1 aromatic heterocycles. The fraction of sp³-hybridized carbons (Fsp3) is 0.286. The van der Waals surface area contributed by atoms with Gasteiger partial charge in [-0.25, -0.2) is 4.68 Å². The van der Waals surface area contributed by atoms with Gasteiger partial charge < -0.3 is 20.2 Å². The Hall–Kier alpha value is -3.20. The molecule has 2 atom stereocenters. The maximum atomic E-state index is 13.2. The van der Waals surface area contributed by atoms with Gasteiger partial charge in [-0.05, 0) is 55.8 Å². The summed E-state index contributed by atoms with van der Waals surface area (Å²) in [6, 6.07) is 14.8. The van der Waals surface area contributed by atoms with Crippen LogP contribution in [0.2, 0.25) is 0 Å². The quantitative estimate of drug-likeness (QED) is 0.626. The Bertz CT molecular complexity index is 1020. The standard InChI is InChI=1S/C21H23N5O3S/c1-4-29-17-9-5-14(6-10-17)18-19(30-21-24-23-13(2)26(21)25-18)20(27)22-15-7-11-16(28-3)12-8-15/h5-12,18-19,25H,4H2,1-3H3,(H,22,27)/t18-,19-/m0/s1. The average molecular weight is 426 g/mol. The average Bonchev–Trinajstić information content (AvgIpc) is 3.14. The molecule has 0 saturated carbocycles. The molecule has 0 spiro atoms. The molecule has 1 aliphatic rings. The van der Waals surface area contributed by atoms with E-state index in [-0.39, 0.29) is 11.9 Å². The summed E-state index contributed by atoms with van der Waals surface area (Å²) in [6.07, 6.45) is 0. The third-order valence-corrected chi connectivity index (χ3v) is 5.98. The van der Waals surface area contributed by atoms with Crippen LogP contribution in [0.4, 0.5) is 5.69 Å². The first-order chi connectivity index (χ1) is 14.6. The second-order valence-corrected chi connectivity index (χ2v) is 7.84. The number of methoxy groups -OCH3 is 1. The Labute approximate surface area is 179 Å². The van der Waals surface area contributed by atoms with Crippen molar-refractivity contribution in [3.63, 3.8) is 0 Å². The molecule has 2 aromatic carbocycles. The molecule has 3 aromatic rings. The molecule has 2 heterocycles. The van der Waals surface area contributed by atoms with E-state index in [1.165, 1.54) is 11.8 Å². The first-order valence-electron chi connectivity index (χ1n) is 9.62. The lowest BCUT2D eigenvalue weighted by Gasteiger charge is -2.32. The number of nitrogens with zero attached hydrogens (tertiary/aromatic N) is 3. The largest absolute Gasteiger partial charge is 0.497 e. The van der Waals surface area contributed by atoms with Crippen LogP contribution in [0, 0.1) is 6.92 Å². The van der Waals surface area contributed by atoms with E-state index in [1.54, 1.807) is 7.11 Å². The second kappa shape index (κ2) is 8.66. The van der Waals surface area contributed by atoms with Crippen molar-refractivity contribution in [2.24, 2.45) is 0 Å². The minimum atomic E-state index is -0.443. The molecule has 0 bridgehead atoms. The van der Waals surface area contributed by atoms with Crippen LogP contribution in [0.5, 0.6) is 11.5 Å². The van der Waals surface area contributed by atoms with Gasteiger partial charge in [0.15, 0.2) is 0 Å². The minimum absolute atomic E-state index is 0.122. The number of hydrogen-bond donors (Lipinski definition) is 2. The maximum Gasteiger partial charge on any atom is 0.240 e. The molecule has 30 heavy (non-hydrogen) atoms. The number of amides is 1. The molecule has 9 heteroatoms. The number of rotatable bonds is 6. The Balaban J connectivity index is 1.61. The Morgan fingerprint density at radius 1 is 1.13 bits per heavy atom. The van der Waals surface area contributed by atoms with Crippen molar-refractivity contribution in [3.8, 4) is 11.5 Å². The highest BCUT2D eigenvalue weighted by atomic mass is 32.2. The topological polar surface area (TPSA) is 90.3 Å². The summed E-state index contributed by atoms with van der Waals surface area (Å²) in [5.41, 5.74) is 5.07. The molecule has 8 nitrogen and oxygen atoms in total. The van der Waals surface area contributed by atoms with Crippen LogP contribution in [-0.2, 0) is 4.79 Å². The summed E-state index contributed by atoms with van der Waals surface area (Å²) in [7, 11) is 1.61. The molecule has 4 rings (SSSR count). The zero-order valence-electron chi connectivity index (χ0n) is 17.0. The van der Waals surface area contributed by atoms with Gasteiger partial charge in [-0.1, -0.05) is 23.9 Å². The zero-order valence-corrected chi connectivity index (χ0v) is 17.8. The summed E-state index contributed by atoms with van der Waals surface area (Å²) in [4.78, 5) is 13.2. The van der Waals surface area contributed by atoms with E-state index in [9.17, 15) is 4.79 Å². The summed E-state index contributed by atoms with van der Waals surface area (Å²) < 4.78 is 12.5. The molecule has 0 unspecified atom stereocenters. The molecule has 2 N–H and O–H groups in total. The van der Waals surface area contributed by atoms with Crippen molar-refractivity contribution in [1.82, 2.24) is 14.9 Å². The van der Waals surface area contributed by atoms with Gasteiger partial charge in [-0.3, -0.25) is 4.79 Å². The number of nitrogens with one attached hydrogen (secondary N) is 2. The van der Waals surface area contributed by atoms with E-state index in [2.05, 4.69) is 20.9 Å². The third kappa shape index (κ3) is 4.06. The zero-order chi connectivity index (χ0) is 21.1. The fourth-order valence-electron chi connectivity index (χ4n) is 3.24. The monoisotopic (exact) mass is 425 g/mol. The summed E-state index contributed by atoms with van der Waals surface area (Å²) >= 11 is 1.39. The van der Waals surface area contributed by atoms with Crippen LogP contribution in [0.3, 0.4) is 0 Å². The van der Waals surface area contributed by atoms with Crippen LogP contribution >= 0.6 is 11.8 Å². The first-order valence-corrected chi connectivity index (χ1v) is 10.5. The molecule has 0 saturated heterocycles. The lowest BCUT2D eigenvalue weighted by molar-refractivity contribution is -0.116. The highest BCUT2D eigenvalue weighted by molar-refractivity contribution is 8.00. The lowest BCUT2D eigenvalue weighted by Crippen LogP contribution is -2.41. The Morgan fingerprint density at radius 3 is 2.50 bits per heavy atom. The SMILES string of the molecule is CCOc1ccc([C@@H]2Nn3c(C)nnc3S[C@@H]2C(=O)Nc2ccc(OC)cc2)cc1. The predicted molar refractivity (Wildman–Crippen MR) is 116 cm³/mol. The van der Waals surface area contributed by atoms with Gasteiger partial charge in [0, 0.05) is 5.69 Å². The normalized spacial score (nSPS) is 17.6. The molecular weight excluding hydrogens is 402 g/mol. The summed E-state index contributed by atoms with van der Waals surface area (Å²) in [6.45, 7) is 4.42. The Kier molecular flexibility index (Phi) is 5.80. The number of thioether (sulfide) groups is 1. The van der Waals surface area contributed by atoms with E-state index >= 15 is 0 Å². The van der Waals surface area contributed by atoms with Crippen molar-refractivity contribution in [2.45, 2.75) is 30.3 Å². The van der Waals surface area contributed by atoms with Gasteiger partial charge in [-0.15, -0.1) is 10.2 Å². The van der Waals surface area contributed by atoms with Crippen LogP contribution in [0.15, 0.2) is 53.7 Å². The van der Waals surface area contributed by atoms with Crippen molar-refractivity contribution in [1.29, 1.82) is 0 Å². The van der Waals surface area contributed by atoms with Gasteiger partial charge in [0.05, 0.1) is 19.8 Å². The summed E-state index contributed by atoms with van der Waals surface area (Å²) in [5, 5.41) is 11.5. The summed E-state index contributed by atoms with van der Waals surface area (Å²) in [5.74, 6) is 2.15.